The van der Waals surface area contributed by atoms with Crippen molar-refractivity contribution in [2.75, 3.05) is 44.9 Å². The van der Waals surface area contributed by atoms with Crippen LogP contribution in [0.2, 0.25) is 0 Å². The number of carbonyl (C=O) groups excluding carboxylic acids is 1. The van der Waals surface area contributed by atoms with Crippen molar-refractivity contribution in [2.24, 2.45) is 0 Å². The van der Waals surface area contributed by atoms with Gasteiger partial charge in [-0.05, 0) is 44.7 Å². The number of carbonyl (C=O) groups is 1. The maximum absolute atomic E-state index is 12.7. The van der Waals surface area contributed by atoms with Crippen LogP contribution in [0.4, 0.5) is 5.69 Å². The van der Waals surface area contributed by atoms with Crippen LogP contribution in [0, 0.1) is 5.41 Å². The average Bonchev–Trinajstić information content (AvgIpc) is 3.60. The molecule has 1 saturated heterocycles. The maximum atomic E-state index is 12.7. The Morgan fingerprint density at radius 2 is 2.07 bits per heavy atom. The monoisotopic (exact) mass is 412 g/mol. The molecule has 2 fully saturated rings. The van der Waals surface area contributed by atoms with Gasteiger partial charge in [-0.3, -0.25) is 4.79 Å². The van der Waals surface area contributed by atoms with Crippen molar-refractivity contribution >= 4 is 23.4 Å². The number of morpholine rings is 1. The molecular weight excluding hydrogens is 380 g/mol. The van der Waals surface area contributed by atoms with E-state index in [1.165, 1.54) is 19.1 Å². The molecule has 1 atom stereocenters. The van der Waals surface area contributed by atoms with E-state index in [2.05, 4.69) is 30.3 Å². The van der Waals surface area contributed by atoms with Gasteiger partial charge < -0.3 is 30.0 Å². The molecule has 4 rings (SSSR count). The van der Waals surface area contributed by atoms with Crippen molar-refractivity contribution in [3.63, 3.8) is 0 Å². The molecule has 7 nitrogen and oxygen atoms in total. The van der Waals surface area contributed by atoms with E-state index in [0.29, 0.717) is 38.4 Å². The van der Waals surface area contributed by atoms with E-state index in [9.17, 15) is 4.79 Å². The van der Waals surface area contributed by atoms with Gasteiger partial charge in [-0.1, -0.05) is 0 Å². The summed E-state index contributed by atoms with van der Waals surface area (Å²) in [5.74, 6) is 0.719. The molecule has 1 saturated carbocycles. The molecule has 1 unspecified atom stereocenters. The second-order valence-corrected chi connectivity index (χ2v) is 8.41. The largest absolute Gasteiger partial charge is 0.483 e. The minimum absolute atomic E-state index is 0.00402. The Morgan fingerprint density at radius 3 is 2.77 bits per heavy atom. The van der Waals surface area contributed by atoms with Gasteiger partial charge in [0.1, 0.15) is 5.75 Å². The SMILES string of the molecule is CC1CCc2c(ccc(/C(C=N)=C/NC3CC3)c2OCC(=O)N2CCOCC2)N1C. The Labute approximate surface area is 178 Å². The van der Waals surface area contributed by atoms with E-state index in [4.69, 9.17) is 14.9 Å². The zero-order chi connectivity index (χ0) is 21.1. The first-order valence-corrected chi connectivity index (χ1v) is 10.9. The summed E-state index contributed by atoms with van der Waals surface area (Å²) in [6.07, 6.45) is 7.56. The highest BCUT2D eigenvalue weighted by Crippen LogP contribution is 2.40. The highest BCUT2D eigenvalue weighted by atomic mass is 16.5. The van der Waals surface area contributed by atoms with Gasteiger partial charge in [-0.15, -0.1) is 0 Å². The van der Waals surface area contributed by atoms with E-state index in [-0.39, 0.29) is 12.5 Å². The molecule has 162 valence electrons. The second kappa shape index (κ2) is 9.08. The topological polar surface area (TPSA) is 77.9 Å². The summed E-state index contributed by atoms with van der Waals surface area (Å²) in [5.41, 5.74) is 3.92. The van der Waals surface area contributed by atoms with Crippen LogP contribution in [0.1, 0.15) is 37.3 Å². The van der Waals surface area contributed by atoms with Crippen LogP contribution < -0.4 is 15.0 Å². The van der Waals surface area contributed by atoms with Crippen LogP contribution in [-0.2, 0) is 16.0 Å². The molecular formula is C23H32N4O3. The van der Waals surface area contributed by atoms with Crippen LogP contribution in [0.3, 0.4) is 0 Å². The molecule has 7 heteroatoms. The van der Waals surface area contributed by atoms with E-state index < -0.39 is 0 Å². The highest BCUT2D eigenvalue weighted by molar-refractivity contribution is 6.09. The third kappa shape index (κ3) is 4.46. The van der Waals surface area contributed by atoms with Crippen molar-refractivity contribution in [2.45, 2.75) is 44.7 Å². The number of amides is 1. The van der Waals surface area contributed by atoms with Crippen molar-refractivity contribution < 1.29 is 14.3 Å². The van der Waals surface area contributed by atoms with E-state index >= 15 is 0 Å². The van der Waals surface area contributed by atoms with Gasteiger partial charge in [0.25, 0.3) is 5.91 Å². The van der Waals surface area contributed by atoms with Crippen LogP contribution in [0.25, 0.3) is 5.57 Å². The molecule has 0 radical (unpaired) electrons. The minimum Gasteiger partial charge on any atom is -0.483 e. The maximum Gasteiger partial charge on any atom is 0.260 e. The van der Waals surface area contributed by atoms with Crippen molar-refractivity contribution in [3.05, 3.63) is 29.5 Å². The summed E-state index contributed by atoms with van der Waals surface area (Å²) in [6, 6.07) is 5.11. The lowest BCUT2D eigenvalue weighted by Crippen LogP contribution is -2.43. The summed E-state index contributed by atoms with van der Waals surface area (Å²) < 4.78 is 11.6. The van der Waals surface area contributed by atoms with Gasteiger partial charge >= 0.3 is 0 Å². The summed E-state index contributed by atoms with van der Waals surface area (Å²) in [6.45, 7) is 4.60. The van der Waals surface area contributed by atoms with Gasteiger partial charge in [-0.2, -0.15) is 0 Å². The van der Waals surface area contributed by atoms with Crippen LogP contribution in [-0.4, -0.2) is 69.1 Å². The fourth-order valence-electron chi connectivity index (χ4n) is 4.06. The van der Waals surface area contributed by atoms with E-state index in [1.807, 2.05) is 12.3 Å². The number of fused-ring (bicyclic) bond motifs is 1. The van der Waals surface area contributed by atoms with Gasteiger partial charge in [-0.25, -0.2) is 0 Å². The third-order valence-electron chi connectivity index (χ3n) is 6.31. The smallest absolute Gasteiger partial charge is 0.260 e. The zero-order valence-corrected chi connectivity index (χ0v) is 17.9. The number of allylic oxidation sites excluding steroid dienone is 1. The molecule has 0 bridgehead atoms. The Morgan fingerprint density at radius 1 is 1.30 bits per heavy atom. The zero-order valence-electron chi connectivity index (χ0n) is 17.9. The predicted octanol–water partition coefficient (Wildman–Crippen LogP) is 2.44. The summed E-state index contributed by atoms with van der Waals surface area (Å²) in [7, 11) is 2.10. The Kier molecular flexibility index (Phi) is 6.27. The fourth-order valence-corrected chi connectivity index (χ4v) is 4.06. The number of hydrogen-bond acceptors (Lipinski definition) is 6. The van der Waals surface area contributed by atoms with Crippen molar-refractivity contribution in [1.29, 1.82) is 5.41 Å². The molecule has 0 aromatic heterocycles. The highest BCUT2D eigenvalue weighted by Gasteiger charge is 2.27. The van der Waals surface area contributed by atoms with Crippen LogP contribution in [0.5, 0.6) is 5.75 Å². The summed E-state index contributed by atoms with van der Waals surface area (Å²) in [5, 5.41) is 11.3. The molecule has 30 heavy (non-hydrogen) atoms. The molecule has 1 aliphatic carbocycles. The number of nitrogens with zero attached hydrogens (tertiary/aromatic N) is 2. The lowest BCUT2D eigenvalue weighted by Gasteiger charge is -2.35. The van der Waals surface area contributed by atoms with Crippen molar-refractivity contribution in [3.8, 4) is 5.75 Å². The van der Waals surface area contributed by atoms with E-state index in [1.54, 1.807) is 4.90 Å². The Balaban J connectivity index is 1.63. The normalized spacial score (nSPS) is 21.8. The molecule has 3 aliphatic rings. The van der Waals surface area contributed by atoms with Gasteiger partial charge in [0, 0.05) is 67.0 Å². The van der Waals surface area contributed by atoms with Gasteiger partial charge in [0.15, 0.2) is 6.61 Å². The molecule has 2 N–H and O–H groups in total. The predicted molar refractivity (Wildman–Crippen MR) is 118 cm³/mol. The number of anilines is 1. The van der Waals surface area contributed by atoms with Crippen LogP contribution >= 0.6 is 0 Å². The number of benzene rings is 1. The number of hydrogen-bond donors (Lipinski definition) is 2. The first-order chi connectivity index (χ1) is 14.6. The molecule has 1 aromatic rings. The molecule has 1 aromatic carbocycles. The third-order valence-corrected chi connectivity index (χ3v) is 6.31. The average molecular weight is 413 g/mol. The Bertz CT molecular complexity index is 828. The summed E-state index contributed by atoms with van der Waals surface area (Å²) in [4.78, 5) is 16.8. The van der Waals surface area contributed by atoms with Crippen molar-refractivity contribution in [1.82, 2.24) is 10.2 Å². The number of ether oxygens (including phenoxy) is 2. The first-order valence-electron chi connectivity index (χ1n) is 10.9. The first kappa shape index (κ1) is 20.7. The summed E-state index contributed by atoms with van der Waals surface area (Å²) >= 11 is 0. The van der Waals surface area contributed by atoms with Crippen LogP contribution in [0.15, 0.2) is 18.3 Å². The molecule has 2 heterocycles. The number of nitrogens with one attached hydrogen (secondary N) is 2. The van der Waals surface area contributed by atoms with Gasteiger partial charge in [0.2, 0.25) is 0 Å². The second-order valence-electron chi connectivity index (χ2n) is 8.41. The van der Waals surface area contributed by atoms with Gasteiger partial charge in [0.05, 0.1) is 13.2 Å². The minimum atomic E-state index is -0.0177. The lowest BCUT2D eigenvalue weighted by molar-refractivity contribution is -0.137. The standard InChI is InChI=1S/C23H32N4O3/c1-16-3-6-20-21(26(16)2)8-7-19(17(13-24)14-25-18-4-5-18)23(20)30-15-22(28)27-9-11-29-12-10-27/h7-8,13-14,16,18,24-25H,3-6,9-12,15H2,1-2H3/b17-14+,24-13?. The Hall–Kier alpha value is -2.54. The molecule has 2 aliphatic heterocycles. The quantitative estimate of drug-likeness (QED) is 0.673. The lowest BCUT2D eigenvalue weighted by atomic mass is 9.92. The molecule has 1 amide bonds. The van der Waals surface area contributed by atoms with E-state index in [0.717, 1.165) is 41.0 Å². The number of rotatable bonds is 7. The fraction of sp³-hybridized carbons (Fsp3) is 0.565. The molecule has 0 spiro atoms.